The van der Waals surface area contributed by atoms with Crippen LogP contribution in [0.4, 0.5) is 5.00 Å². The average molecular weight is 490 g/mol. The Morgan fingerprint density at radius 2 is 1.82 bits per heavy atom. The van der Waals surface area contributed by atoms with E-state index in [4.69, 9.17) is 11.6 Å². The molecule has 4 heterocycles. The number of para-hydroxylation sites is 1. The third-order valence-electron chi connectivity index (χ3n) is 6.50. The van der Waals surface area contributed by atoms with Gasteiger partial charge >= 0.3 is 0 Å². The van der Waals surface area contributed by atoms with Gasteiger partial charge in [0.05, 0.1) is 22.5 Å². The summed E-state index contributed by atoms with van der Waals surface area (Å²) in [5.74, 6) is -0.0457. The van der Waals surface area contributed by atoms with Gasteiger partial charge in [-0.3, -0.25) is 9.69 Å². The summed E-state index contributed by atoms with van der Waals surface area (Å²) < 4.78 is 1.72. The lowest BCUT2D eigenvalue weighted by Crippen LogP contribution is -2.39. The van der Waals surface area contributed by atoms with Crippen LogP contribution in [0.2, 0.25) is 5.15 Å². The molecule has 6 rings (SSSR count). The standard InChI is InChI=1S/C26H24ClN5OS/c1-16-21(23(27)32(30-16)18-10-6-3-7-11-18)24-28-25(33)22-19-12-13-31(14-17-8-4-2-5-9-17)15-20(19)34-26(22)29-24/h2-11,24,29H,12-15H2,1H3,(H,28,33). The first-order valence-electron chi connectivity index (χ1n) is 11.4. The highest BCUT2D eigenvalue weighted by molar-refractivity contribution is 7.16. The summed E-state index contributed by atoms with van der Waals surface area (Å²) in [6.07, 6.45) is 0.449. The highest BCUT2D eigenvalue weighted by atomic mass is 35.5. The number of fused-ring (bicyclic) bond motifs is 3. The average Bonchev–Trinajstić information content (AvgIpc) is 3.36. The molecule has 8 heteroatoms. The summed E-state index contributed by atoms with van der Waals surface area (Å²) in [5.41, 5.74) is 5.74. The van der Waals surface area contributed by atoms with Crippen LogP contribution >= 0.6 is 22.9 Å². The number of hydrogen-bond donors (Lipinski definition) is 2. The number of amides is 1. The van der Waals surface area contributed by atoms with Crippen LogP contribution in [0, 0.1) is 6.92 Å². The van der Waals surface area contributed by atoms with E-state index in [1.165, 1.54) is 16.0 Å². The van der Waals surface area contributed by atoms with Gasteiger partial charge in [-0.15, -0.1) is 11.3 Å². The van der Waals surface area contributed by atoms with Gasteiger partial charge in [-0.2, -0.15) is 5.10 Å². The van der Waals surface area contributed by atoms with Crippen molar-refractivity contribution in [2.45, 2.75) is 32.6 Å². The van der Waals surface area contributed by atoms with Gasteiger partial charge in [0.1, 0.15) is 16.3 Å². The number of aromatic nitrogens is 2. The lowest BCUT2D eigenvalue weighted by molar-refractivity contribution is 0.0934. The molecule has 2 aliphatic rings. The number of hydrogen-bond acceptors (Lipinski definition) is 5. The van der Waals surface area contributed by atoms with Crippen molar-refractivity contribution in [3.8, 4) is 5.69 Å². The molecule has 2 aliphatic heterocycles. The predicted octanol–water partition coefficient (Wildman–Crippen LogP) is 5.31. The van der Waals surface area contributed by atoms with Crippen LogP contribution in [0.25, 0.3) is 5.69 Å². The fourth-order valence-electron chi connectivity index (χ4n) is 4.87. The van der Waals surface area contributed by atoms with E-state index in [2.05, 4.69) is 44.9 Å². The van der Waals surface area contributed by atoms with Gasteiger partial charge < -0.3 is 10.6 Å². The molecule has 0 aliphatic carbocycles. The summed E-state index contributed by atoms with van der Waals surface area (Å²) in [6, 6.07) is 20.3. The monoisotopic (exact) mass is 489 g/mol. The fraction of sp³-hybridized carbons (Fsp3) is 0.231. The van der Waals surface area contributed by atoms with E-state index >= 15 is 0 Å². The molecule has 2 aromatic carbocycles. The van der Waals surface area contributed by atoms with Crippen molar-refractivity contribution in [3.05, 3.63) is 98.6 Å². The molecule has 172 valence electrons. The van der Waals surface area contributed by atoms with E-state index in [1.807, 2.05) is 43.3 Å². The number of aryl methyl sites for hydroxylation is 1. The Kier molecular flexibility index (Phi) is 5.40. The van der Waals surface area contributed by atoms with Crippen LogP contribution in [-0.4, -0.2) is 27.1 Å². The van der Waals surface area contributed by atoms with Crippen molar-refractivity contribution in [2.75, 3.05) is 11.9 Å². The van der Waals surface area contributed by atoms with Crippen molar-refractivity contribution in [2.24, 2.45) is 0 Å². The first-order valence-corrected chi connectivity index (χ1v) is 12.6. The topological polar surface area (TPSA) is 62.2 Å². The number of rotatable bonds is 4. The zero-order valence-corrected chi connectivity index (χ0v) is 20.3. The quantitative estimate of drug-likeness (QED) is 0.408. The maximum Gasteiger partial charge on any atom is 0.256 e. The van der Waals surface area contributed by atoms with Gasteiger partial charge in [0.25, 0.3) is 5.91 Å². The zero-order chi connectivity index (χ0) is 23.2. The van der Waals surface area contributed by atoms with Gasteiger partial charge in [-0.1, -0.05) is 60.1 Å². The smallest absolute Gasteiger partial charge is 0.256 e. The lowest BCUT2D eigenvalue weighted by Gasteiger charge is -2.28. The Morgan fingerprint density at radius 1 is 1.09 bits per heavy atom. The SMILES string of the molecule is Cc1nn(-c2ccccc2)c(Cl)c1C1NC(=O)c2c(sc3c2CCN(Cc2ccccc2)C3)N1. The molecule has 6 nitrogen and oxygen atoms in total. The zero-order valence-electron chi connectivity index (χ0n) is 18.7. The number of thiophene rings is 1. The van der Waals surface area contributed by atoms with Crippen LogP contribution in [-0.2, 0) is 19.5 Å². The second kappa shape index (κ2) is 8.58. The summed E-state index contributed by atoms with van der Waals surface area (Å²) in [7, 11) is 0. The second-order valence-corrected chi connectivity index (χ2v) is 10.2. The molecule has 1 atom stereocenters. The van der Waals surface area contributed by atoms with E-state index in [9.17, 15) is 4.79 Å². The molecular formula is C26H24ClN5OS. The van der Waals surface area contributed by atoms with Crippen molar-refractivity contribution in [3.63, 3.8) is 0 Å². The minimum atomic E-state index is -0.425. The highest BCUT2D eigenvalue weighted by Gasteiger charge is 2.35. The number of carbonyl (C=O) groups is 1. The Labute approximate surface area is 207 Å². The number of carbonyl (C=O) groups excluding carboxylic acids is 1. The Bertz CT molecular complexity index is 1370. The minimum absolute atomic E-state index is 0.0457. The largest absolute Gasteiger partial charge is 0.352 e. The van der Waals surface area contributed by atoms with Gasteiger partial charge in [0.15, 0.2) is 0 Å². The molecule has 2 N–H and O–H groups in total. The minimum Gasteiger partial charge on any atom is -0.352 e. The molecule has 1 unspecified atom stereocenters. The fourth-order valence-corrected chi connectivity index (χ4v) is 6.57. The van der Waals surface area contributed by atoms with Crippen molar-refractivity contribution < 1.29 is 4.79 Å². The molecule has 0 bridgehead atoms. The summed E-state index contributed by atoms with van der Waals surface area (Å²) in [4.78, 5) is 17.0. The van der Waals surface area contributed by atoms with E-state index in [-0.39, 0.29) is 5.91 Å². The highest BCUT2D eigenvalue weighted by Crippen LogP contribution is 2.42. The molecular weight excluding hydrogens is 466 g/mol. The first kappa shape index (κ1) is 21.4. The van der Waals surface area contributed by atoms with Crippen molar-refractivity contribution >= 4 is 33.8 Å². The molecule has 0 saturated carbocycles. The van der Waals surface area contributed by atoms with Gasteiger partial charge in [0, 0.05) is 24.5 Å². The van der Waals surface area contributed by atoms with Crippen molar-refractivity contribution in [1.82, 2.24) is 20.0 Å². The number of nitrogens with one attached hydrogen (secondary N) is 2. The van der Waals surface area contributed by atoms with E-state index in [0.29, 0.717) is 5.15 Å². The summed E-state index contributed by atoms with van der Waals surface area (Å²) in [6.45, 7) is 4.63. The normalized spacial score (nSPS) is 17.6. The number of benzene rings is 2. The van der Waals surface area contributed by atoms with Gasteiger partial charge in [0.2, 0.25) is 0 Å². The van der Waals surface area contributed by atoms with Crippen LogP contribution in [0.15, 0.2) is 60.7 Å². The summed E-state index contributed by atoms with van der Waals surface area (Å²) in [5, 5.41) is 12.7. The number of nitrogens with zero attached hydrogens (tertiary/aromatic N) is 3. The van der Waals surface area contributed by atoms with E-state index < -0.39 is 6.17 Å². The molecule has 0 radical (unpaired) electrons. The maximum atomic E-state index is 13.2. The van der Waals surface area contributed by atoms with Crippen molar-refractivity contribution in [1.29, 1.82) is 0 Å². The molecule has 2 aromatic heterocycles. The van der Waals surface area contributed by atoms with Crippen LogP contribution in [0.1, 0.15) is 43.8 Å². The summed E-state index contributed by atoms with van der Waals surface area (Å²) >= 11 is 8.46. The third kappa shape index (κ3) is 3.70. The van der Waals surface area contributed by atoms with Crippen LogP contribution in [0.5, 0.6) is 0 Å². The first-order chi connectivity index (χ1) is 16.6. The van der Waals surface area contributed by atoms with Gasteiger partial charge in [-0.25, -0.2) is 4.68 Å². The van der Waals surface area contributed by atoms with E-state index in [1.54, 1.807) is 16.0 Å². The Balaban J connectivity index is 1.27. The number of anilines is 1. The molecule has 4 aromatic rings. The number of halogens is 1. The molecule has 34 heavy (non-hydrogen) atoms. The van der Waals surface area contributed by atoms with E-state index in [0.717, 1.165) is 53.6 Å². The molecule has 0 spiro atoms. The molecule has 1 amide bonds. The molecule has 0 fully saturated rings. The maximum absolute atomic E-state index is 13.2. The molecule has 0 saturated heterocycles. The van der Waals surface area contributed by atoms with Crippen LogP contribution < -0.4 is 10.6 Å². The Morgan fingerprint density at radius 3 is 2.59 bits per heavy atom. The Hall–Kier alpha value is -3.13. The van der Waals surface area contributed by atoms with Gasteiger partial charge in [-0.05, 0) is 36.6 Å². The lowest BCUT2D eigenvalue weighted by atomic mass is 10.00. The van der Waals surface area contributed by atoms with Crippen LogP contribution in [0.3, 0.4) is 0 Å². The predicted molar refractivity (Wildman–Crippen MR) is 136 cm³/mol. The third-order valence-corrected chi connectivity index (χ3v) is 8.01. The second-order valence-electron chi connectivity index (χ2n) is 8.74.